The summed E-state index contributed by atoms with van der Waals surface area (Å²) in [4.78, 5) is 9.60. The van der Waals surface area contributed by atoms with E-state index in [0.29, 0.717) is 0 Å². The lowest BCUT2D eigenvalue weighted by Gasteiger charge is -2.37. The zero-order chi connectivity index (χ0) is 46.9. The number of rotatable bonds is 12. The molecule has 0 aliphatic carbocycles. The van der Waals surface area contributed by atoms with E-state index in [0.717, 1.165) is 106 Å². The first-order chi connectivity index (χ1) is 32.2. The monoisotopic (exact) mass is 879 g/mol. The van der Waals surface area contributed by atoms with Crippen LogP contribution in [0.25, 0.3) is 89.3 Å². The predicted octanol–water partition coefficient (Wildman–Crippen LogP) is 14.5. The largest absolute Gasteiger partial charge is 0.427 e. The second kappa shape index (κ2) is 18.5. The van der Waals surface area contributed by atoms with E-state index in [4.69, 9.17) is 14.6 Å². The van der Waals surface area contributed by atoms with Crippen molar-refractivity contribution in [3.05, 3.63) is 211 Å². The van der Waals surface area contributed by atoms with Gasteiger partial charge in [0.1, 0.15) is 11.6 Å². The van der Waals surface area contributed by atoms with Gasteiger partial charge in [-0.25, -0.2) is 8.78 Å². The average molecular weight is 880 g/mol. The third kappa shape index (κ3) is 9.66. The second-order valence-corrected chi connectivity index (χ2v) is 18.2. The Morgan fingerprint density at radius 2 is 0.746 bits per heavy atom. The van der Waals surface area contributed by atoms with Crippen molar-refractivity contribution in [2.24, 2.45) is 0 Å². The van der Waals surface area contributed by atoms with Crippen LogP contribution in [-0.4, -0.2) is 33.8 Å². The number of aromatic nitrogens is 2. The van der Waals surface area contributed by atoms with Gasteiger partial charge in [-0.3, -0.25) is 9.97 Å². The van der Waals surface area contributed by atoms with Crippen LogP contribution >= 0.6 is 0 Å². The van der Waals surface area contributed by atoms with Gasteiger partial charge in [-0.05, 0) is 151 Å². The fraction of sp³-hybridized carbons (Fsp3) is 0.133. The maximum absolute atomic E-state index is 13.6. The Labute approximate surface area is 393 Å². The quantitative estimate of drug-likeness (QED) is 0.124. The molecule has 9 rings (SSSR count). The van der Waals surface area contributed by atoms with Crippen molar-refractivity contribution in [3.63, 3.8) is 0 Å². The van der Waals surface area contributed by atoms with Crippen LogP contribution in [0.2, 0.25) is 0 Å². The molecule has 0 fully saturated rings. The van der Waals surface area contributed by atoms with Crippen LogP contribution in [0.5, 0.6) is 0 Å². The summed E-state index contributed by atoms with van der Waals surface area (Å²) in [5, 5.41) is 11.0. The van der Waals surface area contributed by atoms with Crippen LogP contribution in [0, 0.1) is 25.5 Å². The van der Waals surface area contributed by atoms with Crippen molar-refractivity contribution in [2.75, 3.05) is 0 Å². The van der Waals surface area contributed by atoms with Crippen molar-refractivity contribution in [3.8, 4) is 89.3 Å². The maximum atomic E-state index is 13.6. The van der Waals surface area contributed by atoms with Crippen LogP contribution in [0.15, 0.2) is 188 Å². The van der Waals surface area contributed by atoms with Crippen LogP contribution in [-0.2, 0) is 4.65 Å². The highest BCUT2D eigenvalue weighted by Crippen LogP contribution is 2.39. The van der Waals surface area contributed by atoms with Gasteiger partial charge >= 0.3 is 7.48 Å². The number of pyridine rings is 2. The fourth-order valence-corrected chi connectivity index (χ4v) is 8.30. The summed E-state index contributed by atoms with van der Waals surface area (Å²) in [6.07, 6.45) is 3.72. The summed E-state index contributed by atoms with van der Waals surface area (Å²) in [5.74, 6) is -0.526. The highest BCUT2D eigenvalue weighted by Gasteiger charge is 2.36. The van der Waals surface area contributed by atoms with E-state index in [1.807, 2.05) is 26.2 Å². The van der Waals surface area contributed by atoms with Crippen LogP contribution in [0.3, 0.4) is 0 Å². The molecule has 0 bridgehead atoms. The number of nitrogens with zero attached hydrogens (tertiary/aromatic N) is 2. The first kappa shape index (κ1) is 44.9. The van der Waals surface area contributed by atoms with E-state index in [2.05, 4.69) is 141 Å². The first-order valence-electron chi connectivity index (χ1n) is 22.4. The van der Waals surface area contributed by atoms with Gasteiger partial charge in [-0.1, -0.05) is 139 Å². The van der Waals surface area contributed by atoms with E-state index in [-0.39, 0.29) is 11.6 Å². The molecular formula is C60H50BF2N2O2. The summed E-state index contributed by atoms with van der Waals surface area (Å²) in [7, 11) is 1.76. The molecule has 0 atom stereocenters. The molecule has 2 aromatic heterocycles. The van der Waals surface area contributed by atoms with Gasteiger partial charge < -0.3 is 9.76 Å². The molecule has 67 heavy (non-hydrogen) atoms. The highest BCUT2D eigenvalue weighted by molar-refractivity contribution is 6.47. The first-order valence-corrected chi connectivity index (χ1v) is 22.4. The molecular weight excluding hydrogens is 829 g/mol. The average Bonchev–Trinajstić information content (AvgIpc) is 3.34. The topological polar surface area (TPSA) is 55.2 Å². The summed E-state index contributed by atoms with van der Waals surface area (Å²) in [6, 6.07) is 57.5. The lowest BCUT2D eigenvalue weighted by Crippen LogP contribution is -2.49. The molecule has 7 aromatic carbocycles. The van der Waals surface area contributed by atoms with Gasteiger partial charge in [0.05, 0.1) is 22.6 Å². The number of aliphatic hydroxyl groups is 1. The fourth-order valence-electron chi connectivity index (χ4n) is 8.30. The normalized spacial score (nSPS) is 11.7. The molecule has 0 saturated heterocycles. The van der Waals surface area contributed by atoms with Crippen molar-refractivity contribution >= 4 is 12.9 Å². The number of hydrogen-bond acceptors (Lipinski definition) is 4. The Kier molecular flexibility index (Phi) is 12.4. The zero-order valence-corrected chi connectivity index (χ0v) is 38.5. The molecule has 0 unspecified atom stereocenters. The SMILES string of the molecule is Cc1cc(-c2ccc(-c3ccccc3-c3cc([B]OC(C)(C)C(C)(C)O)cc(-c4ccccc4-c4ccc(-c5cc(C)c(-c6ccc(F)cc6)cn5)cc4)c3)cc2)ncc1-c1ccc(F)cc1. The summed E-state index contributed by atoms with van der Waals surface area (Å²) in [6.45, 7) is 11.4. The molecule has 1 N–H and O–H groups in total. The molecule has 329 valence electrons. The van der Waals surface area contributed by atoms with Gasteiger partial charge in [0.2, 0.25) is 0 Å². The molecule has 1 radical (unpaired) electrons. The van der Waals surface area contributed by atoms with Gasteiger partial charge in [0.15, 0.2) is 0 Å². The second-order valence-electron chi connectivity index (χ2n) is 18.2. The molecule has 7 heteroatoms. The molecule has 0 aliphatic rings. The third-order valence-electron chi connectivity index (χ3n) is 12.9. The Morgan fingerprint density at radius 3 is 1.10 bits per heavy atom. The van der Waals surface area contributed by atoms with Gasteiger partial charge in [-0.2, -0.15) is 0 Å². The smallest absolute Gasteiger partial charge is 0.330 e. The molecule has 0 amide bonds. The van der Waals surface area contributed by atoms with E-state index < -0.39 is 11.2 Å². The van der Waals surface area contributed by atoms with Gasteiger partial charge in [-0.15, -0.1) is 0 Å². The van der Waals surface area contributed by atoms with E-state index in [1.165, 1.54) is 24.3 Å². The number of halogens is 2. The molecule has 4 nitrogen and oxygen atoms in total. The van der Waals surface area contributed by atoms with Crippen molar-refractivity contribution in [1.82, 2.24) is 9.97 Å². The Balaban J connectivity index is 1.05. The molecule has 9 aromatic rings. The zero-order valence-electron chi connectivity index (χ0n) is 38.5. The summed E-state index contributed by atoms with van der Waals surface area (Å²) in [5.41, 5.74) is 16.9. The maximum Gasteiger partial charge on any atom is 0.330 e. The minimum Gasteiger partial charge on any atom is -0.427 e. The minimum atomic E-state index is -1.10. The van der Waals surface area contributed by atoms with E-state index in [1.54, 1.807) is 45.6 Å². The van der Waals surface area contributed by atoms with Crippen molar-refractivity contribution in [1.29, 1.82) is 0 Å². The Hall–Kier alpha value is -7.32. The van der Waals surface area contributed by atoms with Gasteiger partial charge in [0, 0.05) is 34.6 Å². The summed E-state index contributed by atoms with van der Waals surface area (Å²) >= 11 is 0. The van der Waals surface area contributed by atoms with E-state index >= 15 is 0 Å². The van der Waals surface area contributed by atoms with E-state index in [9.17, 15) is 13.9 Å². The minimum absolute atomic E-state index is 0.263. The Morgan fingerprint density at radius 1 is 0.418 bits per heavy atom. The number of benzene rings is 7. The van der Waals surface area contributed by atoms with Crippen LogP contribution in [0.4, 0.5) is 8.78 Å². The Bertz CT molecular complexity index is 3010. The van der Waals surface area contributed by atoms with Crippen LogP contribution in [0.1, 0.15) is 38.8 Å². The number of hydrogen-bond donors (Lipinski definition) is 1. The standard InChI is InChI=1S/C60H50BF2N2O2/c1-38-31-57(64-36-55(38)42-23-27-49(62)28-24-42)44-19-15-40(16-20-44)51-11-7-9-13-53(51)46-33-47(35-48(34-46)61-67-60(5,6)59(3,4)66)54-14-10-8-12-52(54)41-17-21-45(22-18-41)58-32-39(2)56(37-65-58)43-25-29-50(63)30-26-43/h7-37,66H,1-6H3. The molecule has 0 aliphatic heterocycles. The van der Waals surface area contributed by atoms with Crippen molar-refractivity contribution in [2.45, 2.75) is 52.7 Å². The third-order valence-corrected chi connectivity index (χ3v) is 12.9. The highest BCUT2D eigenvalue weighted by atomic mass is 19.1. The van der Waals surface area contributed by atoms with Crippen LogP contribution < -0.4 is 5.46 Å². The number of aryl methyl sites for hydroxylation is 2. The summed E-state index contributed by atoms with van der Waals surface area (Å²) < 4.78 is 33.6. The lowest BCUT2D eigenvalue weighted by atomic mass is 9.79. The molecule has 0 saturated carbocycles. The molecule has 2 heterocycles. The predicted molar refractivity (Wildman–Crippen MR) is 272 cm³/mol. The van der Waals surface area contributed by atoms with Gasteiger partial charge in [0.25, 0.3) is 0 Å². The lowest BCUT2D eigenvalue weighted by molar-refractivity contribution is -0.0893. The van der Waals surface area contributed by atoms with Crippen molar-refractivity contribution < 1.29 is 18.5 Å². The molecule has 0 spiro atoms.